The molecule has 0 saturated heterocycles. The van der Waals surface area contributed by atoms with E-state index in [1.807, 2.05) is 54.6 Å². The van der Waals surface area contributed by atoms with Crippen LogP contribution < -0.4 is 14.8 Å². The molecule has 1 aliphatic rings. The molecule has 166 valence electrons. The minimum Gasteiger partial charge on any atom is -0.483 e. The van der Waals surface area contributed by atoms with Gasteiger partial charge in [0.1, 0.15) is 23.6 Å². The summed E-state index contributed by atoms with van der Waals surface area (Å²) in [6.45, 7) is 0. The van der Waals surface area contributed by atoms with E-state index in [0.29, 0.717) is 22.5 Å². The second-order valence-electron chi connectivity index (χ2n) is 7.91. The van der Waals surface area contributed by atoms with Crippen LogP contribution in [0.5, 0.6) is 17.2 Å². The molecule has 4 aromatic rings. The van der Waals surface area contributed by atoms with Crippen LogP contribution in [0, 0.1) is 10.1 Å². The summed E-state index contributed by atoms with van der Waals surface area (Å²) in [6.07, 6.45) is 5.43. The first-order chi connectivity index (χ1) is 16.2. The van der Waals surface area contributed by atoms with Crippen molar-refractivity contribution in [2.24, 2.45) is 0 Å². The first kappa shape index (κ1) is 20.7. The minimum atomic E-state index is -0.420. The Bertz CT molecular complexity index is 1270. The van der Waals surface area contributed by atoms with Gasteiger partial charge in [-0.2, -0.15) is 0 Å². The van der Waals surface area contributed by atoms with Crippen LogP contribution in [0.25, 0.3) is 10.9 Å². The normalized spacial score (nSPS) is 13.7. The van der Waals surface area contributed by atoms with E-state index in [4.69, 9.17) is 9.47 Å². The highest BCUT2D eigenvalue weighted by Gasteiger charge is 2.24. The summed E-state index contributed by atoms with van der Waals surface area (Å²) in [4.78, 5) is 19.9. The fourth-order valence-electron chi connectivity index (χ4n) is 3.96. The van der Waals surface area contributed by atoms with Crippen LogP contribution in [0.4, 0.5) is 17.2 Å². The lowest BCUT2D eigenvalue weighted by atomic mass is 10.2. The molecule has 0 bridgehead atoms. The van der Waals surface area contributed by atoms with Crippen LogP contribution in [0.1, 0.15) is 25.7 Å². The Labute approximate surface area is 190 Å². The van der Waals surface area contributed by atoms with Gasteiger partial charge in [0.2, 0.25) is 0 Å². The van der Waals surface area contributed by atoms with Gasteiger partial charge in [-0.1, -0.05) is 18.2 Å². The molecule has 0 aliphatic heterocycles. The zero-order chi connectivity index (χ0) is 22.6. The molecule has 0 atom stereocenters. The number of nitrogens with one attached hydrogen (secondary N) is 1. The molecule has 1 saturated carbocycles. The molecule has 0 spiro atoms. The fraction of sp³-hybridized carbons (Fsp3) is 0.200. The standard InChI is InChI=1S/C25H22N4O4/c30-29(31)23-14-21-22(15-24(23)33-19-8-4-5-9-19)26-16-27-25(21)28-17-10-12-20(13-11-17)32-18-6-2-1-3-7-18/h1-3,6-7,10-16,19H,4-5,8-9H2,(H,26,27,28). The lowest BCUT2D eigenvalue weighted by Gasteiger charge is -2.14. The Morgan fingerprint density at radius 2 is 1.67 bits per heavy atom. The van der Waals surface area contributed by atoms with Crippen LogP contribution in [0.3, 0.4) is 0 Å². The maximum absolute atomic E-state index is 11.7. The van der Waals surface area contributed by atoms with Gasteiger partial charge in [-0.25, -0.2) is 9.97 Å². The molecule has 0 unspecified atom stereocenters. The minimum absolute atomic E-state index is 0.0113. The van der Waals surface area contributed by atoms with Crippen molar-refractivity contribution in [1.82, 2.24) is 9.97 Å². The molecule has 1 aromatic heterocycles. The number of ether oxygens (including phenoxy) is 2. The van der Waals surface area contributed by atoms with E-state index in [0.717, 1.165) is 37.1 Å². The van der Waals surface area contributed by atoms with Crippen LogP contribution in [-0.4, -0.2) is 21.0 Å². The van der Waals surface area contributed by atoms with E-state index >= 15 is 0 Å². The maximum atomic E-state index is 11.7. The summed E-state index contributed by atoms with van der Waals surface area (Å²) in [7, 11) is 0. The maximum Gasteiger partial charge on any atom is 0.311 e. The second kappa shape index (κ2) is 9.12. The predicted octanol–water partition coefficient (Wildman–Crippen LogP) is 6.40. The molecule has 3 aromatic carbocycles. The summed E-state index contributed by atoms with van der Waals surface area (Å²) in [5.74, 6) is 2.19. The number of hydrogen-bond donors (Lipinski definition) is 1. The van der Waals surface area contributed by atoms with Crippen molar-refractivity contribution in [3.05, 3.63) is 83.2 Å². The molecule has 33 heavy (non-hydrogen) atoms. The lowest BCUT2D eigenvalue weighted by Crippen LogP contribution is -2.12. The van der Waals surface area contributed by atoms with Crippen molar-refractivity contribution in [2.45, 2.75) is 31.8 Å². The lowest BCUT2D eigenvalue weighted by molar-refractivity contribution is -0.385. The topological polar surface area (TPSA) is 99.4 Å². The largest absolute Gasteiger partial charge is 0.483 e. The highest BCUT2D eigenvalue weighted by atomic mass is 16.6. The highest BCUT2D eigenvalue weighted by molar-refractivity contribution is 5.93. The Balaban J connectivity index is 1.41. The van der Waals surface area contributed by atoms with E-state index in [1.54, 1.807) is 6.07 Å². The molecule has 0 radical (unpaired) electrons. The van der Waals surface area contributed by atoms with E-state index < -0.39 is 4.92 Å². The zero-order valence-corrected chi connectivity index (χ0v) is 17.8. The number of aromatic nitrogens is 2. The van der Waals surface area contributed by atoms with E-state index in [2.05, 4.69) is 15.3 Å². The van der Waals surface area contributed by atoms with E-state index in [-0.39, 0.29) is 17.5 Å². The fourth-order valence-corrected chi connectivity index (χ4v) is 3.96. The number of anilines is 2. The first-order valence-corrected chi connectivity index (χ1v) is 10.9. The van der Waals surface area contributed by atoms with Gasteiger partial charge in [0.25, 0.3) is 0 Å². The summed E-state index contributed by atoms with van der Waals surface area (Å²) < 4.78 is 11.8. The van der Waals surface area contributed by atoms with Crippen LogP contribution in [-0.2, 0) is 0 Å². The van der Waals surface area contributed by atoms with Crippen LogP contribution in [0.15, 0.2) is 73.1 Å². The van der Waals surface area contributed by atoms with Gasteiger partial charge in [0, 0.05) is 17.8 Å². The number of benzene rings is 3. The van der Waals surface area contributed by atoms with Crippen molar-refractivity contribution >= 4 is 28.1 Å². The van der Waals surface area contributed by atoms with Crippen molar-refractivity contribution in [3.8, 4) is 17.2 Å². The third-order valence-electron chi connectivity index (χ3n) is 5.60. The van der Waals surface area contributed by atoms with Gasteiger partial charge in [0.05, 0.1) is 21.9 Å². The van der Waals surface area contributed by atoms with Crippen LogP contribution in [0.2, 0.25) is 0 Å². The highest BCUT2D eigenvalue weighted by Crippen LogP contribution is 2.37. The monoisotopic (exact) mass is 442 g/mol. The van der Waals surface area contributed by atoms with Gasteiger partial charge in [-0.05, 0) is 62.1 Å². The summed E-state index contributed by atoms with van der Waals surface area (Å²) in [5.41, 5.74) is 1.26. The second-order valence-corrected chi connectivity index (χ2v) is 7.91. The average molecular weight is 442 g/mol. The Kier molecular flexibility index (Phi) is 5.72. The van der Waals surface area contributed by atoms with Gasteiger partial charge in [0.15, 0.2) is 5.75 Å². The molecule has 1 aliphatic carbocycles. The molecular weight excluding hydrogens is 420 g/mol. The number of nitro groups is 1. The number of nitrogens with zero attached hydrogens (tertiary/aromatic N) is 3. The summed E-state index contributed by atoms with van der Waals surface area (Å²) >= 11 is 0. The summed E-state index contributed by atoms with van der Waals surface area (Å²) in [5, 5.41) is 15.5. The van der Waals surface area contributed by atoms with Gasteiger partial charge in [-0.15, -0.1) is 0 Å². The van der Waals surface area contributed by atoms with E-state index in [9.17, 15) is 10.1 Å². The zero-order valence-electron chi connectivity index (χ0n) is 17.8. The molecule has 1 fully saturated rings. The number of rotatable bonds is 7. The average Bonchev–Trinajstić information content (AvgIpc) is 3.34. The third-order valence-corrected chi connectivity index (χ3v) is 5.60. The first-order valence-electron chi connectivity index (χ1n) is 10.9. The van der Waals surface area contributed by atoms with E-state index in [1.165, 1.54) is 12.4 Å². The number of para-hydroxylation sites is 1. The van der Waals surface area contributed by atoms with Crippen molar-refractivity contribution in [1.29, 1.82) is 0 Å². The molecule has 5 rings (SSSR count). The molecular formula is C25H22N4O4. The van der Waals surface area contributed by atoms with Gasteiger partial charge >= 0.3 is 5.69 Å². The Morgan fingerprint density at radius 3 is 2.39 bits per heavy atom. The van der Waals surface area contributed by atoms with Crippen LogP contribution >= 0.6 is 0 Å². The smallest absolute Gasteiger partial charge is 0.311 e. The molecule has 1 N–H and O–H groups in total. The Hall–Kier alpha value is -4.20. The molecule has 1 heterocycles. The SMILES string of the molecule is O=[N+]([O-])c1cc2c(Nc3ccc(Oc4ccccc4)cc3)ncnc2cc1OC1CCCC1. The number of nitro benzene ring substituents is 1. The molecule has 0 amide bonds. The quantitative estimate of drug-likeness (QED) is 0.261. The van der Waals surface area contributed by atoms with Crippen molar-refractivity contribution in [2.75, 3.05) is 5.32 Å². The molecule has 8 nitrogen and oxygen atoms in total. The van der Waals surface area contributed by atoms with Gasteiger partial charge in [-0.3, -0.25) is 10.1 Å². The third kappa shape index (κ3) is 4.69. The molecule has 8 heteroatoms. The summed E-state index contributed by atoms with van der Waals surface area (Å²) in [6, 6.07) is 20.0. The van der Waals surface area contributed by atoms with Crippen molar-refractivity contribution in [3.63, 3.8) is 0 Å². The van der Waals surface area contributed by atoms with Gasteiger partial charge < -0.3 is 14.8 Å². The predicted molar refractivity (Wildman–Crippen MR) is 125 cm³/mol. The number of fused-ring (bicyclic) bond motifs is 1. The van der Waals surface area contributed by atoms with Crippen molar-refractivity contribution < 1.29 is 14.4 Å². The Morgan fingerprint density at radius 1 is 0.939 bits per heavy atom. The number of hydrogen-bond acceptors (Lipinski definition) is 7.